The van der Waals surface area contributed by atoms with Crippen molar-refractivity contribution in [3.05, 3.63) is 125 Å². The number of nitrogens with one attached hydrogen (secondary N) is 1. The van der Waals surface area contributed by atoms with Gasteiger partial charge in [0.2, 0.25) is 11.8 Å². The summed E-state index contributed by atoms with van der Waals surface area (Å²) in [5, 5.41) is 2.98. The highest BCUT2D eigenvalue weighted by molar-refractivity contribution is 7.92. The number of carbonyl (C=O) groups is 2. The number of sulfonamides is 1. The third-order valence-corrected chi connectivity index (χ3v) is 9.25. The van der Waals surface area contributed by atoms with Gasteiger partial charge in [0.15, 0.2) is 0 Å². The fourth-order valence-corrected chi connectivity index (χ4v) is 6.60. The van der Waals surface area contributed by atoms with Crippen molar-refractivity contribution in [3.63, 3.8) is 0 Å². The predicted molar refractivity (Wildman–Crippen MR) is 182 cm³/mol. The first-order valence-corrected chi connectivity index (χ1v) is 16.9. The lowest BCUT2D eigenvalue weighted by molar-refractivity contribution is -0.140. The molecule has 242 valence electrons. The molecule has 1 atom stereocenters. The van der Waals surface area contributed by atoms with Gasteiger partial charge in [-0.05, 0) is 82.1 Å². The Morgan fingerprint density at radius 2 is 1.46 bits per heavy atom. The molecule has 46 heavy (non-hydrogen) atoms. The maximum absolute atomic E-state index is 14.6. The van der Waals surface area contributed by atoms with E-state index in [9.17, 15) is 18.0 Å². The van der Waals surface area contributed by atoms with E-state index in [0.717, 1.165) is 26.6 Å². The van der Waals surface area contributed by atoms with Crippen molar-refractivity contribution in [2.45, 2.75) is 64.6 Å². The Hall–Kier alpha value is -4.63. The molecule has 0 aromatic heterocycles. The second kappa shape index (κ2) is 15.6. The Morgan fingerprint density at radius 1 is 0.804 bits per heavy atom. The van der Waals surface area contributed by atoms with Crippen molar-refractivity contribution in [1.29, 1.82) is 0 Å². The second-order valence-corrected chi connectivity index (χ2v) is 13.5. The smallest absolute Gasteiger partial charge is 0.264 e. The van der Waals surface area contributed by atoms with E-state index in [4.69, 9.17) is 4.74 Å². The van der Waals surface area contributed by atoms with E-state index in [1.807, 2.05) is 89.2 Å². The molecule has 0 spiro atoms. The van der Waals surface area contributed by atoms with Crippen LogP contribution in [0.3, 0.4) is 0 Å². The summed E-state index contributed by atoms with van der Waals surface area (Å²) in [6.45, 7) is 9.50. The molecule has 4 aromatic rings. The summed E-state index contributed by atoms with van der Waals surface area (Å²) in [5.41, 5.74) is 3.93. The number of nitrogens with zero attached hydrogens (tertiary/aromatic N) is 2. The zero-order valence-electron chi connectivity index (χ0n) is 27.1. The van der Waals surface area contributed by atoms with Crippen LogP contribution in [0.1, 0.15) is 43.0 Å². The molecule has 8 nitrogen and oxygen atoms in total. The van der Waals surface area contributed by atoms with Crippen molar-refractivity contribution in [2.75, 3.05) is 17.5 Å². The Labute approximate surface area is 273 Å². The van der Waals surface area contributed by atoms with Gasteiger partial charge in [-0.2, -0.15) is 0 Å². The van der Waals surface area contributed by atoms with E-state index in [2.05, 4.69) is 5.32 Å². The minimum absolute atomic E-state index is 0.0587. The van der Waals surface area contributed by atoms with E-state index in [1.165, 1.54) is 17.0 Å². The van der Waals surface area contributed by atoms with Crippen molar-refractivity contribution in [3.8, 4) is 5.75 Å². The van der Waals surface area contributed by atoms with Crippen molar-refractivity contribution < 1.29 is 22.7 Å². The van der Waals surface area contributed by atoms with Crippen LogP contribution in [-0.4, -0.2) is 50.4 Å². The van der Waals surface area contributed by atoms with Gasteiger partial charge in [0.05, 0.1) is 17.2 Å². The molecular formula is C37H43N3O5S. The van der Waals surface area contributed by atoms with E-state index >= 15 is 0 Å². The standard InChI is InChI=1S/C37H43N3O5S/c1-6-45-33-19-17-32(18-20-33)40(46(43,44)34-21-15-28(4)16-22-34)26-36(41)39(25-31-14-10-11-29(5)23-31)35(37(42)38-27(2)3)24-30-12-8-7-9-13-30/h7-23,27,35H,6,24-26H2,1-5H3,(H,38,42)/t35-/m0/s1. The second-order valence-electron chi connectivity index (χ2n) is 11.6. The first-order valence-electron chi connectivity index (χ1n) is 15.5. The van der Waals surface area contributed by atoms with Crippen LogP contribution in [0.5, 0.6) is 5.75 Å². The summed E-state index contributed by atoms with van der Waals surface area (Å²) >= 11 is 0. The third-order valence-electron chi connectivity index (χ3n) is 7.46. The number of amides is 2. The molecule has 0 aliphatic heterocycles. The van der Waals surface area contributed by atoms with Gasteiger partial charge in [0, 0.05) is 19.0 Å². The summed E-state index contributed by atoms with van der Waals surface area (Å²) in [7, 11) is -4.18. The minimum Gasteiger partial charge on any atom is -0.494 e. The molecule has 0 aliphatic rings. The number of anilines is 1. The van der Waals surface area contributed by atoms with Crippen molar-refractivity contribution >= 4 is 27.5 Å². The fourth-order valence-electron chi connectivity index (χ4n) is 5.18. The molecular weight excluding hydrogens is 598 g/mol. The van der Waals surface area contributed by atoms with Crippen molar-refractivity contribution in [1.82, 2.24) is 10.2 Å². The lowest BCUT2D eigenvalue weighted by Gasteiger charge is -2.34. The maximum atomic E-state index is 14.6. The normalized spacial score (nSPS) is 12.0. The minimum atomic E-state index is -4.18. The zero-order valence-corrected chi connectivity index (χ0v) is 28.0. The van der Waals surface area contributed by atoms with Crippen LogP contribution in [0.15, 0.2) is 108 Å². The average Bonchev–Trinajstić information content (AvgIpc) is 3.02. The molecule has 2 amide bonds. The van der Waals surface area contributed by atoms with Gasteiger partial charge in [0.1, 0.15) is 18.3 Å². The first-order chi connectivity index (χ1) is 22.0. The van der Waals surface area contributed by atoms with Gasteiger partial charge in [-0.3, -0.25) is 13.9 Å². The van der Waals surface area contributed by atoms with Gasteiger partial charge in [-0.25, -0.2) is 8.42 Å². The topological polar surface area (TPSA) is 96.0 Å². The summed E-state index contributed by atoms with van der Waals surface area (Å²) in [6.07, 6.45) is 0.255. The monoisotopic (exact) mass is 641 g/mol. The molecule has 0 saturated carbocycles. The lowest BCUT2D eigenvalue weighted by atomic mass is 10.0. The SMILES string of the molecule is CCOc1ccc(N(CC(=O)N(Cc2cccc(C)c2)[C@@H](Cc2ccccc2)C(=O)NC(C)C)S(=O)(=O)c2ccc(C)cc2)cc1. The molecule has 0 saturated heterocycles. The van der Waals surface area contributed by atoms with Gasteiger partial charge in [-0.1, -0.05) is 77.9 Å². The van der Waals surface area contributed by atoms with Crippen LogP contribution in [0, 0.1) is 13.8 Å². The molecule has 0 unspecified atom stereocenters. The van der Waals surface area contributed by atoms with E-state index in [0.29, 0.717) is 18.0 Å². The lowest BCUT2D eigenvalue weighted by Crippen LogP contribution is -2.54. The quantitative estimate of drug-likeness (QED) is 0.181. The molecule has 0 fully saturated rings. The van der Waals surface area contributed by atoms with Crippen LogP contribution in [0.2, 0.25) is 0 Å². The highest BCUT2D eigenvalue weighted by Crippen LogP contribution is 2.27. The van der Waals surface area contributed by atoms with E-state index < -0.39 is 28.5 Å². The van der Waals surface area contributed by atoms with Gasteiger partial charge >= 0.3 is 0 Å². The molecule has 0 radical (unpaired) electrons. The summed E-state index contributed by atoms with van der Waals surface area (Å²) in [5.74, 6) is -0.237. The zero-order chi connectivity index (χ0) is 33.3. The summed E-state index contributed by atoms with van der Waals surface area (Å²) in [6, 6.07) is 29.3. The average molecular weight is 642 g/mol. The molecule has 1 N–H and O–H groups in total. The number of carbonyl (C=O) groups excluding carboxylic acids is 2. The van der Waals surface area contributed by atoms with E-state index in [-0.39, 0.29) is 29.8 Å². The number of aryl methyl sites for hydroxylation is 2. The Bertz CT molecular complexity index is 1710. The number of hydrogen-bond donors (Lipinski definition) is 1. The Morgan fingerprint density at radius 3 is 2.07 bits per heavy atom. The summed E-state index contributed by atoms with van der Waals surface area (Å²) in [4.78, 5) is 29.9. The van der Waals surface area contributed by atoms with Crippen LogP contribution >= 0.6 is 0 Å². The fraction of sp³-hybridized carbons (Fsp3) is 0.297. The highest BCUT2D eigenvalue weighted by atomic mass is 32.2. The molecule has 9 heteroatoms. The first kappa shape index (κ1) is 34.2. The molecule has 4 rings (SSSR count). The van der Waals surface area contributed by atoms with Gasteiger partial charge in [-0.15, -0.1) is 0 Å². The predicted octanol–water partition coefficient (Wildman–Crippen LogP) is 6.06. The highest BCUT2D eigenvalue weighted by Gasteiger charge is 2.35. The molecule has 0 bridgehead atoms. The molecule has 0 aliphatic carbocycles. The summed E-state index contributed by atoms with van der Waals surface area (Å²) < 4.78 is 35.1. The molecule has 0 heterocycles. The third kappa shape index (κ3) is 8.97. The Balaban J connectivity index is 1.80. The van der Waals surface area contributed by atoms with Crippen molar-refractivity contribution in [2.24, 2.45) is 0 Å². The molecule has 4 aromatic carbocycles. The van der Waals surface area contributed by atoms with Crippen LogP contribution in [0.25, 0.3) is 0 Å². The Kier molecular flexibility index (Phi) is 11.6. The van der Waals surface area contributed by atoms with Gasteiger partial charge < -0.3 is 15.0 Å². The van der Waals surface area contributed by atoms with E-state index in [1.54, 1.807) is 36.4 Å². The van der Waals surface area contributed by atoms with Crippen LogP contribution < -0.4 is 14.4 Å². The number of benzene rings is 4. The largest absolute Gasteiger partial charge is 0.494 e. The van der Waals surface area contributed by atoms with Gasteiger partial charge in [0.25, 0.3) is 10.0 Å². The number of ether oxygens (including phenoxy) is 1. The maximum Gasteiger partial charge on any atom is 0.264 e. The van der Waals surface area contributed by atoms with Crippen LogP contribution in [-0.2, 0) is 32.6 Å². The van der Waals surface area contributed by atoms with Crippen LogP contribution in [0.4, 0.5) is 5.69 Å². The number of rotatable bonds is 14. The number of hydrogen-bond acceptors (Lipinski definition) is 5.